The zero-order chi connectivity index (χ0) is 20.3. The third-order valence-corrected chi connectivity index (χ3v) is 5.81. The van der Waals surface area contributed by atoms with Crippen molar-refractivity contribution in [2.45, 2.75) is 71.6 Å². The number of amides is 1. The maximum Gasteiger partial charge on any atom is 0.261 e. The van der Waals surface area contributed by atoms with Crippen LogP contribution < -0.4 is 14.8 Å². The second-order valence-corrected chi connectivity index (χ2v) is 7.82. The molecule has 1 aliphatic heterocycles. The molecule has 2 aromatic rings. The van der Waals surface area contributed by atoms with Gasteiger partial charge in [-0.2, -0.15) is 0 Å². The van der Waals surface area contributed by atoms with Gasteiger partial charge in [-0.15, -0.1) is 0 Å². The summed E-state index contributed by atoms with van der Waals surface area (Å²) in [4.78, 5) is 12.9. The zero-order valence-corrected chi connectivity index (χ0v) is 17.5. The summed E-state index contributed by atoms with van der Waals surface area (Å²) in [6.45, 7) is 10.1. The van der Waals surface area contributed by atoms with Gasteiger partial charge in [-0.05, 0) is 51.3 Å². The van der Waals surface area contributed by atoms with Crippen molar-refractivity contribution in [1.29, 1.82) is 0 Å². The van der Waals surface area contributed by atoms with Crippen LogP contribution in [0.25, 0.3) is 0 Å². The molecule has 4 heteroatoms. The predicted octanol–water partition coefficient (Wildman–Crippen LogP) is 5.27. The molecule has 2 atom stereocenters. The Morgan fingerprint density at radius 3 is 2.61 bits per heavy atom. The van der Waals surface area contributed by atoms with Gasteiger partial charge < -0.3 is 14.8 Å². The third-order valence-electron chi connectivity index (χ3n) is 5.81. The molecule has 2 aromatic carbocycles. The maximum absolute atomic E-state index is 12.9. The topological polar surface area (TPSA) is 47.6 Å². The highest BCUT2D eigenvalue weighted by Gasteiger charge is 2.39. The van der Waals surface area contributed by atoms with Crippen molar-refractivity contribution in [1.82, 2.24) is 5.32 Å². The van der Waals surface area contributed by atoms with Crippen LogP contribution in [0, 0.1) is 13.8 Å². The zero-order valence-electron chi connectivity index (χ0n) is 17.5. The van der Waals surface area contributed by atoms with Gasteiger partial charge in [0.15, 0.2) is 6.10 Å². The Morgan fingerprint density at radius 2 is 1.93 bits per heavy atom. The number of ether oxygens (including phenoxy) is 2. The van der Waals surface area contributed by atoms with E-state index < -0.39 is 6.10 Å². The summed E-state index contributed by atoms with van der Waals surface area (Å²) in [6.07, 6.45) is 1.99. The summed E-state index contributed by atoms with van der Waals surface area (Å²) >= 11 is 0. The molecular formula is C24H31NO3. The molecule has 1 heterocycles. The minimum Gasteiger partial charge on any atom is -0.487 e. The van der Waals surface area contributed by atoms with E-state index in [0.717, 1.165) is 41.9 Å². The first-order valence-corrected chi connectivity index (χ1v) is 10.2. The average molecular weight is 382 g/mol. The fourth-order valence-corrected chi connectivity index (χ4v) is 3.89. The number of hydrogen-bond donors (Lipinski definition) is 1. The normalized spacial score (nSPS) is 18.5. The average Bonchev–Trinajstić information content (AvgIpc) is 2.69. The number of para-hydroxylation sites is 1. The van der Waals surface area contributed by atoms with Crippen LogP contribution in [0.1, 0.15) is 62.8 Å². The number of rotatable bonds is 6. The molecular weight excluding hydrogens is 350 g/mol. The van der Waals surface area contributed by atoms with Gasteiger partial charge in [-0.1, -0.05) is 49.7 Å². The van der Waals surface area contributed by atoms with Crippen LogP contribution in [0.15, 0.2) is 42.5 Å². The fraction of sp³-hybridized carbons (Fsp3) is 0.458. The highest BCUT2D eigenvalue weighted by molar-refractivity contribution is 5.81. The van der Waals surface area contributed by atoms with Gasteiger partial charge in [0, 0.05) is 12.0 Å². The summed E-state index contributed by atoms with van der Waals surface area (Å²) in [5, 5.41) is 3.21. The lowest BCUT2D eigenvalue weighted by atomic mass is 9.83. The lowest BCUT2D eigenvalue weighted by Gasteiger charge is -2.41. The summed E-state index contributed by atoms with van der Waals surface area (Å²) in [5.74, 6) is 1.51. The standard InChI is InChI=1S/C24H31NO3/c1-6-24(7-2)15-20(19-10-8-9-11-22(19)28-24)25-23(26)18(5)27-21-13-12-16(3)14-17(21)4/h8-14,18,20H,6-7,15H2,1-5H3,(H,25,26). The van der Waals surface area contributed by atoms with Crippen molar-refractivity contribution < 1.29 is 14.3 Å². The molecule has 0 spiro atoms. The van der Waals surface area contributed by atoms with E-state index in [1.807, 2.05) is 50.2 Å². The van der Waals surface area contributed by atoms with Gasteiger partial charge in [-0.3, -0.25) is 4.79 Å². The Kier molecular flexibility index (Phi) is 5.97. The SMILES string of the molecule is CCC1(CC)CC(NC(=O)C(C)Oc2ccc(C)cc2C)c2ccccc2O1. The number of hydrogen-bond acceptors (Lipinski definition) is 3. The first-order chi connectivity index (χ1) is 13.4. The molecule has 1 amide bonds. The molecule has 0 saturated heterocycles. The van der Waals surface area contributed by atoms with E-state index in [9.17, 15) is 4.79 Å². The summed E-state index contributed by atoms with van der Waals surface area (Å²) < 4.78 is 12.3. The molecule has 1 aliphatic rings. The Labute approximate surface area is 168 Å². The third kappa shape index (κ3) is 4.16. The van der Waals surface area contributed by atoms with Crippen LogP contribution >= 0.6 is 0 Å². The first kappa shape index (κ1) is 20.2. The lowest BCUT2D eigenvalue weighted by Crippen LogP contribution is -2.47. The first-order valence-electron chi connectivity index (χ1n) is 10.2. The minimum absolute atomic E-state index is 0.0810. The van der Waals surface area contributed by atoms with E-state index in [-0.39, 0.29) is 17.6 Å². The summed E-state index contributed by atoms with van der Waals surface area (Å²) in [5.41, 5.74) is 3.00. The fourth-order valence-electron chi connectivity index (χ4n) is 3.89. The van der Waals surface area contributed by atoms with Crippen molar-refractivity contribution >= 4 is 5.91 Å². The van der Waals surface area contributed by atoms with Crippen LogP contribution in [-0.2, 0) is 4.79 Å². The van der Waals surface area contributed by atoms with Crippen molar-refractivity contribution in [3.05, 3.63) is 59.2 Å². The molecule has 1 N–H and O–H groups in total. The monoisotopic (exact) mass is 381 g/mol. The number of fused-ring (bicyclic) bond motifs is 1. The molecule has 150 valence electrons. The van der Waals surface area contributed by atoms with Gasteiger partial charge in [0.25, 0.3) is 5.91 Å². The highest BCUT2D eigenvalue weighted by atomic mass is 16.5. The number of benzene rings is 2. The van der Waals surface area contributed by atoms with Crippen LogP contribution in [0.5, 0.6) is 11.5 Å². The van der Waals surface area contributed by atoms with Crippen molar-refractivity contribution in [2.24, 2.45) is 0 Å². The molecule has 2 unspecified atom stereocenters. The molecule has 28 heavy (non-hydrogen) atoms. The minimum atomic E-state index is -0.575. The lowest BCUT2D eigenvalue weighted by molar-refractivity contribution is -0.128. The second-order valence-electron chi connectivity index (χ2n) is 7.82. The van der Waals surface area contributed by atoms with Crippen molar-refractivity contribution in [2.75, 3.05) is 0 Å². The van der Waals surface area contributed by atoms with Crippen LogP contribution in [0.4, 0.5) is 0 Å². The van der Waals surface area contributed by atoms with Crippen LogP contribution in [0.3, 0.4) is 0 Å². The van der Waals surface area contributed by atoms with E-state index in [2.05, 4.69) is 25.2 Å². The summed E-state index contributed by atoms with van der Waals surface area (Å²) in [6, 6.07) is 13.9. The number of nitrogens with one attached hydrogen (secondary N) is 1. The molecule has 0 aliphatic carbocycles. The summed E-state index contributed by atoms with van der Waals surface area (Å²) in [7, 11) is 0. The number of carbonyl (C=O) groups is 1. The molecule has 0 bridgehead atoms. The number of aryl methyl sites for hydroxylation is 2. The maximum atomic E-state index is 12.9. The second kappa shape index (κ2) is 8.26. The highest BCUT2D eigenvalue weighted by Crippen LogP contribution is 2.42. The molecule has 3 rings (SSSR count). The Hall–Kier alpha value is -2.49. The molecule has 0 fully saturated rings. The van der Waals surface area contributed by atoms with E-state index >= 15 is 0 Å². The molecule has 0 aromatic heterocycles. The number of carbonyl (C=O) groups excluding carboxylic acids is 1. The van der Waals surface area contributed by atoms with E-state index in [0.29, 0.717) is 0 Å². The smallest absolute Gasteiger partial charge is 0.261 e. The molecule has 4 nitrogen and oxygen atoms in total. The van der Waals surface area contributed by atoms with E-state index in [1.165, 1.54) is 5.56 Å². The van der Waals surface area contributed by atoms with E-state index in [1.54, 1.807) is 6.92 Å². The Bertz CT molecular complexity index is 841. The van der Waals surface area contributed by atoms with Gasteiger partial charge in [0.1, 0.15) is 17.1 Å². The van der Waals surface area contributed by atoms with Gasteiger partial charge in [-0.25, -0.2) is 0 Å². The van der Waals surface area contributed by atoms with Crippen LogP contribution in [0.2, 0.25) is 0 Å². The molecule has 0 radical (unpaired) electrons. The van der Waals surface area contributed by atoms with Crippen LogP contribution in [-0.4, -0.2) is 17.6 Å². The van der Waals surface area contributed by atoms with Gasteiger partial charge in [0.2, 0.25) is 0 Å². The van der Waals surface area contributed by atoms with Crippen molar-refractivity contribution in [3.63, 3.8) is 0 Å². The Morgan fingerprint density at radius 1 is 1.21 bits per heavy atom. The van der Waals surface area contributed by atoms with Gasteiger partial charge >= 0.3 is 0 Å². The predicted molar refractivity (Wildman–Crippen MR) is 112 cm³/mol. The Balaban J connectivity index is 1.76. The van der Waals surface area contributed by atoms with Gasteiger partial charge in [0.05, 0.1) is 6.04 Å². The quantitative estimate of drug-likeness (QED) is 0.741. The van der Waals surface area contributed by atoms with Crippen molar-refractivity contribution in [3.8, 4) is 11.5 Å². The largest absolute Gasteiger partial charge is 0.487 e. The van der Waals surface area contributed by atoms with E-state index in [4.69, 9.17) is 9.47 Å². The molecule has 0 saturated carbocycles.